The van der Waals surface area contributed by atoms with Gasteiger partial charge in [0.05, 0.1) is 16.8 Å². The fourth-order valence-electron chi connectivity index (χ4n) is 2.86. The summed E-state index contributed by atoms with van der Waals surface area (Å²) in [5.74, 6) is 0.134. The molecule has 19 heavy (non-hydrogen) atoms. The van der Waals surface area contributed by atoms with Crippen LogP contribution in [0.4, 0.5) is 0 Å². The molecule has 0 aliphatic carbocycles. The number of rotatable bonds is 3. The molecule has 0 saturated carbocycles. The number of nitrogens with zero attached hydrogens (tertiary/aromatic N) is 1. The number of nitrogens with two attached hydrogens (primary N) is 1. The summed E-state index contributed by atoms with van der Waals surface area (Å²) < 4.78 is 49.0. The Labute approximate surface area is 115 Å². The zero-order chi connectivity index (χ0) is 14.3. The molecule has 8 heteroatoms. The highest BCUT2D eigenvalue weighted by Crippen LogP contribution is 2.27. The van der Waals surface area contributed by atoms with Gasteiger partial charge in [0, 0.05) is 19.1 Å². The molecule has 0 aromatic carbocycles. The topological polar surface area (TPSA) is 97.5 Å². The highest BCUT2D eigenvalue weighted by molar-refractivity contribution is 7.95. The first-order valence-corrected chi connectivity index (χ1v) is 10.00. The number of hydrogen-bond acceptors (Lipinski definition) is 5. The minimum absolute atomic E-state index is 0.00675. The third kappa shape index (κ3) is 3.29. The van der Waals surface area contributed by atoms with Crippen LogP contribution in [0.3, 0.4) is 0 Å². The summed E-state index contributed by atoms with van der Waals surface area (Å²) in [7, 11) is -6.64. The average Bonchev–Trinajstić information content (AvgIpc) is 2.70. The molecule has 0 spiro atoms. The highest BCUT2D eigenvalue weighted by atomic mass is 32.2. The first-order chi connectivity index (χ1) is 8.72. The molecule has 2 aliphatic rings. The van der Waals surface area contributed by atoms with Crippen molar-refractivity contribution in [3.63, 3.8) is 0 Å². The van der Waals surface area contributed by atoms with Gasteiger partial charge in [0.1, 0.15) is 0 Å². The summed E-state index contributed by atoms with van der Waals surface area (Å²) in [6.45, 7) is 2.87. The Balaban J connectivity index is 2.02. The third-order valence-corrected chi connectivity index (χ3v) is 8.52. The molecule has 0 bridgehead atoms. The molecule has 112 valence electrons. The van der Waals surface area contributed by atoms with E-state index in [-0.39, 0.29) is 24.0 Å². The lowest BCUT2D eigenvalue weighted by Gasteiger charge is -2.34. The largest absolute Gasteiger partial charge is 0.328 e. The number of sulfonamides is 1. The van der Waals surface area contributed by atoms with Crippen LogP contribution in [0.2, 0.25) is 0 Å². The zero-order valence-corrected chi connectivity index (χ0v) is 12.8. The summed E-state index contributed by atoms with van der Waals surface area (Å²) in [4.78, 5) is 0. The van der Waals surface area contributed by atoms with E-state index in [1.807, 2.05) is 6.92 Å². The van der Waals surface area contributed by atoms with Crippen LogP contribution in [0.15, 0.2) is 0 Å². The summed E-state index contributed by atoms with van der Waals surface area (Å²) in [5, 5.41) is -0.746. The molecular formula is C11H22N2O4S2. The van der Waals surface area contributed by atoms with Crippen LogP contribution in [-0.4, -0.2) is 57.0 Å². The van der Waals surface area contributed by atoms with Gasteiger partial charge in [-0.1, -0.05) is 0 Å². The molecular weight excluding hydrogens is 288 g/mol. The van der Waals surface area contributed by atoms with Gasteiger partial charge < -0.3 is 5.73 Å². The Bertz CT molecular complexity index is 519. The number of hydrogen-bond donors (Lipinski definition) is 1. The minimum atomic E-state index is -3.47. The van der Waals surface area contributed by atoms with Crippen LogP contribution in [0, 0.1) is 5.92 Å². The molecule has 2 atom stereocenters. The maximum atomic E-state index is 12.4. The Morgan fingerprint density at radius 3 is 2.21 bits per heavy atom. The Hall–Kier alpha value is -0.180. The van der Waals surface area contributed by atoms with E-state index < -0.39 is 25.1 Å². The van der Waals surface area contributed by atoms with E-state index in [0.29, 0.717) is 19.0 Å². The fourth-order valence-corrected chi connectivity index (χ4v) is 7.42. The molecule has 0 aromatic rings. The molecule has 0 aromatic heterocycles. The Morgan fingerprint density at radius 1 is 1.21 bits per heavy atom. The molecule has 2 fully saturated rings. The lowest BCUT2D eigenvalue weighted by atomic mass is 9.92. The minimum Gasteiger partial charge on any atom is -0.328 e. The normalized spacial score (nSPS) is 31.4. The maximum absolute atomic E-state index is 12.4. The predicted octanol–water partition coefficient (Wildman–Crippen LogP) is -0.437. The van der Waals surface area contributed by atoms with Crippen molar-refractivity contribution in [3.8, 4) is 0 Å². The van der Waals surface area contributed by atoms with Crippen LogP contribution < -0.4 is 5.73 Å². The molecule has 6 nitrogen and oxygen atoms in total. The number of piperidine rings is 1. The van der Waals surface area contributed by atoms with Crippen LogP contribution >= 0.6 is 0 Å². The van der Waals surface area contributed by atoms with Crippen molar-refractivity contribution in [2.75, 3.05) is 24.6 Å². The molecule has 2 saturated heterocycles. The van der Waals surface area contributed by atoms with Gasteiger partial charge in [-0.15, -0.1) is 0 Å². The van der Waals surface area contributed by atoms with Crippen LogP contribution in [-0.2, 0) is 19.9 Å². The van der Waals surface area contributed by atoms with E-state index >= 15 is 0 Å². The number of sulfone groups is 1. The summed E-state index contributed by atoms with van der Waals surface area (Å²) in [6.07, 6.45) is 1.75. The standard InChI is InChI=1S/C11H22N2O4S2/c1-9(12)10-2-5-13(6-3-10)19(16,17)11-4-7-18(14,15)8-11/h9-11H,2-8,12H2,1H3. The van der Waals surface area contributed by atoms with Crippen LogP contribution in [0.5, 0.6) is 0 Å². The molecule has 0 radical (unpaired) electrons. The lowest BCUT2D eigenvalue weighted by molar-refractivity contribution is 0.249. The molecule has 2 aliphatic heterocycles. The van der Waals surface area contributed by atoms with Crippen molar-refractivity contribution in [2.24, 2.45) is 11.7 Å². The average molecular weight is 310 g/mol. The Morgan fingerprint density at radius 2 is 1.79 bits per heavy atom. The van der Waals surface area contributed by atoms with Gasteiger partial charge >= 0.3 is 0 Å². The highest BCUT2D eigenvalue weighted by Gasteiger charge is 2.41. The van der Waals surface area contributed by atoms with Gasteiger partial charge in [0.15, 0.2) is 9.84 Å². The second kappa shape index (κ2) is 5.31. The third-order valence-electron chi connectivity index (χ3n) is 4.21. The first-order valence-electron chi connectivity index (χ1n) is 6.67. The van der Waals surface area contributed by atoms with Crippen molar-refractivity contribution in [1.82, 2.24) is 4.31 Å². The predicted molar refractivity (Wildman–Crippen MR) is 73.9 cm³/mol. The van der Waals surface area contributed by atoms with Gasteiger partial charge in [-0.05, 0) is 32.1 Å². The smallest absolute Gasteiger partial charge is 0.218 e. The van der Waals surface area contributed by atoms with E-state index in [0.717, 1.165) is 12.8 Å². The summed E-state index contributed by atoms with van der Waals surface area (Å²) >= 11 is 0. The molecule has 2 unspecified atom stereocenters. The molecule has 2 rings (SSSR count). The monoisotopic (exact) mass is 310 g/mol. The molecule has 2 N–H and O–H groups in total. The molecule has 2 heterocycles. The molecule has 0 amide bonds. The van der Waals surface area contributed by atoms with Crippen molar-refractivity contribution in [2.45, 2.75) is 37.5 Å². The fraction of sp³-hybridized carbons (Fsp3) is 1.00. The van der Waals surface area contributed by atoms with Gasteiger partial charge in [-0.2, -0.15) is 0 Å². The van der Waals surface area contributed by atoms with E-state index in [9.17, 15) is 16.8 Å². The quantitative estimate of drug-likeness (QED) is 0.762. The first kappa shape index (κ1) is 15.2. The summed E-state index contributed by atoms with van der Waals surface area (Å²) in [6, 6.07) is 0.0803. The van der Waals surface area contributed by atoms with Crippen LogP contribution in [0.25, 0.3) is 0 Å². The zero-order valence-electron chi connectivity index (χ0n) is 11.2. The van der Waals surface area contributed by atoms with E-state index in [1.165, 1.54) is 4.31 Å². The Kier molecular flexibility index (Phi) is 4.25. The van der Waals surface area contributed by atoms with Crippen molar-refractivity contribution >= 4 is 19.9 Å². The second-order valence-corrected chi connectivity index (χ2v) is 10.1. The van der Waals surface area contributed by atoms with Crippen molar-refractivity contribution in [3.05, 3.63) is 0 Å². The van der Waals surface area contributed by atoms with E-state index in [1.54, 1.807) is 0 Å². The van der Waals surface area contributed by atoms with E-state index in [4.69, 9.17) is 5.73 Å². The SMILES string of the molecule is CC(N)C1CCN(S(=O)(=O)C2CCS(=O)(=O)C2)CC1. The van der Waals surface area contributed by atoms with Crippen molar-refractivity contribution < 1.29 is 16.8 Å². The van der Waals surface area contributed by atoms with Crippen LogP contribution in [0.1, 0.15) is 26.2 Å². The summed E-state index contributed by atoms with van der Waals surface area (Å²) in [5.41, 5.74) is 5.83. The maximum Gasteiger partial charge on any atom is 0.218 e. The van der Waals surface area contributed by atoms with E-state index in [2.05, 4.69) is 0 Å². The van der Waals surface area contributed by atoms with Crippen molar-refractivity contribution in [1.29, 1.82) is 0 Å². The van der Waals surface area contributed by atoms with Gasteiger partial charge in [0.2, 0.25) is 10.0 Å². The van der Waals surface area contributed by atoms with Gasteiger partial charge in [0.25, 0.3) is 0 Å². The lowest BCUT2D eigenvalue weighted by Crippen LogP contribution is -2.46. The van der Waals surface area contributed by atoms with Gasteiger partial charge in [-0.25, -0.2) is 21.1 Å². The second-order valence-electron chi connectivity index (χ2n) is 5.67. The van der Waals surface area contributed by atoms with Gasteiger partial charge in [-0.3, -0.25) is 0 Å².